The molecule has 2 aromatic heterocycles. The molecule has 56 heavy (non-hydrogen) atoms. The first-order chi connectivity index (χ1) is 26.2. The van der Waals surface area contributed by atoms with Crippen molar-refractivity contribution in [1.29, 1.82) is 0 Å². The van der Waals surface area contributed by atoms with Crippen LogP contribution in [0, 0.1) is 17.5 Å². The van der Waals surface area contributed by atoms with Crippen LogP contribution < -0.4 is 4.40 Å². The van der Waals surface area contributed by atoms with Crippen molar-refractivity contribution in [2.75, 3.05) is 0 Å². The van der Waals surface area contributed by atoms with Gasteiger partial charge in [0, 0.05) is 31.4 Å². The molecule has 0 saturated carbocycles. The molecule has 0 N–H and O–H groups in total. The number of aliphatic imine (C=N–C) groups is 1. The van der Waals surface area contributed by atoms with E-state index < -0.39 is 13.3 Å². The topological polar surface area (TPSA) is 38.4 Å². The molecule has 3 heterocycles. The van der Waals surface area contributed by atoms with Gasteiger partial charge in [-0.15, -0.1) is 18.2 Å². The number of pyridine rings is 1. The minimum atomic E-state index is -1.90. The summed E-state index contributed by atoms with van der Waals surface area (Å²) in [6.07, 6.45) is 3.24. The summed E-state index contributed by atoms with van der Waals surface area (Å²) >= 11 is -1.90. The molecule has 8 rings (SSSR count). The fraction of sp³-hybridized carbons (Fsp3) is 0.294. The van der Waals surface area contributed by atoms with Crippen molar-refractivity contribution < 1.29 is 24.5 Å². The largest absolute Gasteiger partial charge is 0.501 e. The fourth-order valence-corrected chi connectivity index (χ4v) is 11.4. The van der Waals surface area contributed by atoms with E-state index in [0.717, 1.165) is 56.6 Å². The van der Waals surface area contributed by atoms with Crippen molar-refractivity contribution in [3.63, 3.8) is 0 Å². The third-order valence-electron chi connectivity index (χ3n) is 10.6. The summed E-state index contributed by atoms with van der Waals surface area (Å²) < 4.78 is 7.95. The predicted molar refractivity (Wildman–Crippen MR) is 236 cm³/mol. The van der Waals surface area contributed by atoms with E-state index in [2.05, 4.69) is 157 Å². The summed E-state index contributed by atoms with van der Waals surface area (Å²) in [6.45, 7) is 16.1. The van der Waals surface area contributed by atoms with Gasteiger partial charge in [-0.2, -0.15) is 0 Å². The number of rotatable bonds is 7. The van der Waals surface area contributed by atoms with Crippen LogP contribution in [0.5, 0.6) is 0 Å². The Morgan fingerprint density at radius 3 is 2.09 bits per heavy atom. The maximum absolute atomic E-state index is 6.42. The molecule has 5 heteroatoms. The Hall–Kier alpha value is -4.09. The Balaban J connectivity index is 0.000000209. The van der Waals surface area contributed by atoms with Crippen molar-refractivity contribution >= 4 is 51.0 Å². The van der Waals surface area contributed by atoms with Gasteiger partial charge in [-0.3, -0.25) is 4.99 Å². The number of nitrogens with zero attached hydrogens (tertiary/aromatic N) is 2. The van der Waals surface area contributed by atoms with Crippen LogP contribution in [0.2, 0.25) is 17.3 Å². The molecule has 1 unspecified atom stereocenters. The summed E-state index contributed by atoms with van der Waals surface area (Å²) in [5, 5.41) is 2.24. The van der Waals surface area contributed by atoms with Crippen LogP contribution in [0.25, 0.3) is 33.2 Å². The quantitative estimate of drug-likeness (QED) is 0.118. The molecule has 0 bridgehead atoms. The second kappa shape index (κ2) is 16.8. The van der Waals surface area contributed by atoms with Crippen LogP contribution in [0.4, 0.5) is 5.69 Å². The minimum Gasteiger partial charge on any atom is -0.501 e. The molecule has 1 aliphatic heterocycles. The van der Waals surface area contributed by atoms with Crippen LogP contribution in [0.1, 0.15) is 99.6 Å². The first-order valence-electron chi connectivity index (χ1n) is 19.8. The molecule has 1 aliphatic rings. The second-order valence-electron chi connectivity index (χ2n) is 17.8. The molecule has 1 atom stereocenters. The monoisotopic (exact) mass is 977 g/mol. The Morgan fingerprint density at radius 2 is 1.43 bits per heavy atom. The predicted octanol–water partition coefficient (Wildman–Crippen LogP) is 13.6. The first kappa shape index (κ1) is 41.5. The summed E-state index contributed by atoms with van der Waals surface area (Å²) in [6, 6.07) is 44.9. The standard InChI is InChI=1S/C32H28NO.C19H26GeN.Ir/c1-19(2)21-13-9-14-22(20(3)4)29(21)30-25-12-5-7-17-27(25)33-31(30)26-16-10-15-24-23-11-6-8-18-28(23)34-32(24)26;1-19(2,3)13-16-12-18(15-10-8-7-9-11-15)21-14-17(16)20(4,5)6;/h5-15,17-20,30H,1-4H3;7-10,12,14H,13H2,1-6H3;/q2*-1;. The molecule has 5 aromatic carbocycles. The van der Waals surface area contributed by atoms with E-state index in [0.29, 0.717) is 17.3 Å². The molecule has 1 radical (unpaired) electrons. The zero-order chi connectivity index (χ0) is 39.1. The zero-order valence-electron chi connectivity index (χ0n) is 34.5. The Bertz CT molecular complexity index is 2470. The average molecular weight is 976 g/mol. The summed E-state index contributed by atoms with van der Waals surface area (Å²) in [5.41, 5.74) is 14.1. The second-order valence-corrected chi connectivity index (χ2v) is 28.4. The van der Waals surface area contributed by atoms with Crippen molar-refractivity contribution in [1.82, 2.24) is 4.98 Å². The van der Waals surface area contributed by atoms with E-state index in [9.17, 15) is 0 Å². The minimum absolute atomic E-state index is 0. The number of hydrogen-bond donors (Lipinski definition) is 0. The zero-order valence-corrected chi connectivity index (χ0v) is 39.0. The van der Waals surface area contributed by atoms with Crippen molar-refractivity contribution in [2.45, 2.75) is 89.9 Å². The van der Waals surface area contributed by atoms with Gasteiger partial charge in [-0.05, 0) is 51.9 Å². The van der Waals surface area contributed by atoms with Crippen LogP contribution >= 0.6 is 0 Å². The molecule has 0 amide bonds. The van der Waals surface area contributed by atoms with Gasteiger partial charge in [0.25, 0.3) is 0 Å². The van der Waals surface area contributed by atoms with Crippen molar-refractivity contribution in [3.05, 3.63) is 161 Å². The summed E-state index contributed by atoms with van der Waals surface area (Å²) in [7, 11) is 0. The molecule has 0 fully saturated rings. The number of furan rings is 1. The van der Waals surface area contributed by atoms with Gasteiger partial charge in [0.1, 0.15) is 5.58 Å². The van der Waals surface area contributed by atoms with Gasteiger partial charge in [0.05, 0.1) is 11.3 Å². The smallest absolute Gasteiger partial charge is 0.120 e. The van der Waals surface area contributed by atoms with Gasteiger partial charge in [0.2, 0.25) is 0 Å². The molecule has 289 valence electrons. The van der Waals surface area contributed by atoms with Crippen LogP contribution in [0.3, 0.4) is 0 Å². The van der Waals surface area contributed by atoms with E-state index in [1.54, 1.807) is 0 Å². The Morgan fingerprint density at radius 1 is 0.750 bits per heavy atom. The van der Waals surface area contributed by atoms with Gasteiger partial charge in [-0.1, -0.05) is 93.2 Å². The van der Waals surface area contributed by atoms with Crippen molar-refractivity contribution in [2.24, 2.45) is 10.4 Å². The average Bonchev–Trinajstić information content (AvgIpc) is 3.73. The number of benzene rings is 5. The van der Waals surface area contributed by atoms with Gasteiger partial charge in [-0.25, -0.2) is 0 Å². The molecule has 0 aliphatic carbocycles. The normalized spacial score (nSPS) is 14.1. The van der Waals surface area contributed by atoms with Crippen LogP contribution in [0.15, 0.2) is 125 Å². The van der Waals surface area contributed by atoms with E-state index in [4.69, 9.17) is 14.4 Å². The SMILES string of the molecule is CC(C)(C)Cc1cc(-c2[c-]cccc2)nc[c]1[Ge]([CH3])([CH3])[CH3].CC(C)c1cccc(C(C)C)c1C1C(c2[c-]ccc3c2oc2ccccc23)=Nc2ccccc21.[Ir]. The van der Waals surface area contributed by atoms with Crippen LogP contribution in [-0.4, -0.2) is 24.0 Å². The number of para-hydroxylation sites is 2. The summed E-state index contributed by atoms with van der Waals surface area (Å²) in [5.74, 6) is 8.19. The maximum Gasteiger partial charge on any atom is 0.120 e. The first-order valence-corrected chi connectivity index (χ1v) is 27.1. The Kier molecular flexibility index (Phi) is 12.5. The number of hydrogen-bond acceptors (Lipinski definition) is 3. The van der Waals surface area contributed by atoms with E-state index >= 15 is 0 Å². The summed E-state index contributed by atoms with van der Waals surface area (Å²) in [4.78, 5) is 9.95. The number of aromatic nitrogens is 1. The molecular formula is C51H54GeIrN2O-2. The molecule has 7 aromatic rings. The van der Waals surface area contributed by atoms with Gasteiger partial charge >= 0.3 is 132 Å². The molecular weight excluding hydrogens is 921 g/mol. The van der Waals surface area contributed by atoms with E-state index in [1.807, 2.05) is 36.4 Å². The van der Waals surface area contributed by atoms with Crippen molar-refractivity contribution in [3.8, 4) is 11.3 Å². The van der Waals surface area contributed by atoms with Gasteiger partial charge < -0.3 is 4.42 Å². The molecule has 3 nitrogen and oxygen atoms in total. The van der Waals surface area contributed by atoms with Gasteiger partial charge in [0.15, 0.2) is 0 Å². The maximum atomic E-state index is 6.42. The third-order valence-corrected chi connectivity index (χ3v) is 14.9. The fourth-order valence-electron chi connectivity index (χ4n) is 8.08. The molecule has 0 saturated heterocycles. The molecule has 0 spiro atoms. The third kappa shape index (κ3) is 8.59. The Labute approximate surface area is 350 Å². The van der Waals surface area contributed by atoms with E-state index in [-0.39, 0.29) is 26.0 Å². The van der Waals surface area contributed by atoms with Crippen LogP contribution in [-0.2, 0) is 26.5 Å². The van der Waals surface area contributed by atoms with E-state index in [1.165, 1.54) is 32.2 Å². The number of fused-ring (bicyclic) bond motifs is 4.